The molecular weight excluding hydrogens is 348 g/mol. The topological polar surface area (TPSA) is 44.9 Å². The number of aromatic amines is 1. The molecule has 25 heavy (non-hydrogen) atoms. The van der Waals surface area contributed by atoms with Gasteiger partial charge in [-0.25, -0.2) is 0 Å². The van der Waals surface area contributed by atoms with Gasteiger partial charge in [-0.2, -0.15) is 0 Å². The Balaban J connectivity index is 1.38. The first-order chi connectivity index (χ1) is 12.3. The van der Waals surface area contributed by atoms with E-state index in [9.17, 15) is 4.79 Å². The van der Waals surface area contributed by atoms with Gasteiger partial charge >= 0.3 is 0 Å². The summed E-state index contributed by atoms with van der Waals surface area (Å²) in [5, 5.41) is 4.25. The van der Waals surface area contributed by atoms with Crippen LogP contribution < -0.4 is 5.32 Å². The van der Waals surface area contributed by atoms with E-state index in [1.54, 1.807) is 0 Å². The highest BCUT2D eigenvalue weighted by Gasteiger charge is 2.18. The number of carbonyl (C=O) groups is 1. The molecule has 0 bridgehead atoms. The molecule has 3 nitrogen and oxygen atoms in total. The maximum atomic E-state index is 12.3. The predicted molar refractivity (Wildman–Crippen MR) is 109 cm³/mol. The largest absolute Gasteiger partial charge is 0.361 e. The van der Waals surface area contributed by atoms with Crippen LogP contribution >= 0.6 is 23.5 Å². The van der Waals surface area contributed by atoms with Gasteiger partial charge in [-0.15, -0.1) is 23.5 Å². The molecule has 1 fully saturated rings. The van der Waals surface area contributed by atoms with Gasteiger partial charge in [0.2, 0.25) is 5.91 Å². The summed E-state index contributed by atoms with van der Waals surface area (Å²) in [6.45, 7) is 0. The van der Waals surface area contributed by atoms with Crippen molar-refractivity contribution in [2.24, 2.45) is 0 Å². The molecule has 1 amide bonds. The van der Waals surface area contributed by atoms with Crippen LogP contribution in [0.4, 0.5) is 5.69 Å². The Hall–Kier alpha value is -1.85. The van der Waals surface area contributed by atoms with Crippen molar-refractivity contribution in [2.75, 3.05) is 16.8 Å². The first-order valence-corrected chi connectivity index (χ1v) is 10.6. The van der Waals surface area contributed by atoms with Crippen LogP contribution in [0.25, 0.3) is 10.9 Å². The van der Waals surface area contributed by atoms with Crippen molar-refractivity contribution in [3.05, 3.63) is 65.9 Å². The summed E-state index contributed by atoms with van der Waals surface area (Å²) in [4.78, 5) is 15.6. The van der Waals surface area contributed by atoms with Crippen LogP contribution in [0.5, 0.6) is 0 Å². The third-order valence-electron chi connectivity index (χ3n) is 4.36. The van der Waals surface area contributed by atoms with Gasteiger partial charge in [0, 0.05) is 40.7 Å². The number of benzene rings is 2. The molecule has 128 valence electrons. The fourth-order valence-electron chi connectivity index (χ4n) is 3.12. The maximum Gasteiger partial charge on any atom is 0.224 e. The number of amides is 1. The van der Waals surface area contributed by atoms with Crippen LogP contribution in [0.2, 0.25) is 0 Å². The van der Waals surface area contributed by atoms with Gasteiger partial charge in [0.1, 0.15) is 0 Å². The van der Waals surface area contributed by atoms with Crippen LogP contribution in [0.3, 0.4) is 0 Å². The fourth-order valence-corrected chi connectivity index (χ4v) is 5.96. The Morgan fingerprint density at radius 1 is 1.12 bits per heavy atom. The number of fused-ring (bicyclic) bond motifs is 1. The number of anilines is 1. The highest BCUT2D eigenvalue weighted by atomic mass is 32.2. The molecule has 0 aliphatic carbocycles. The first-order valence-electron chi connectivity index (χ1n) is 8.47. The van der Waals surface area contributed by atoms with E-state index in [-0.39, 0.29) is 5.91 Å². The summed E-state index contributed by atoms with van der Waals surface area (Å²) in [7, 11) is 0. The molecule has 1 aliphatic heterocycles. The number of rotatable bonds is 5. The van der Waals surface area contributed by atoms with Gasteiger partial charge in [-0.3, -0.25) is 4.79 Å². The van der Waals surface area contributed by atoms with Crippen molar-refractivity contribution < 1.29 is 4.79 Å². The van der Waals surface area contributed by atoms with Crippen molar-refractivity contribution in [3.63, 3.8) is 0 Å². The second-order valence-corrected chi connectivity index (χ2v) is 8.83. The van der Waals surface area contributed by atoms with Crippen LogP contribution in [-0.4, -0.2) is 22.4 Å². The third-order valence-corrected chi connectivity index (χ3v) is 7.47. The van der Waals surface area contributed by atoms with E-state index in [1.165, 1.54) is 28.0 Å². The number of hydrogen-bond acceptors (Lipinski definition) is 3. The molecule has 5 heteroatoms. The zero-order chi connectivity index (χ0) is 17.1. The molecule has 0 radical (unpaired) electrons. The second kappa shape index (κ2) is 7.58. The van der Waals surface area contributed by atoms with Crippen LogP contribution in [-0.2, 0) is 11.2 Å². The fraction of sp³-hybridized carbons (Fsp3) is 0.250. The third kappa shape index (κ3) is 3.88. The summed E-state index contributed by atoms with van der Waals surface area (Å²) < 4.78 is 0.503. The molecule has 3 aromatic rings. The average Bonchev–Trinajstić information content (AvgIpc) is 3.30. The quantitative estimate of drug-likeness (QED) is 0.649. The number of hydrogen-bond donors (Lipinski definition) is 2. The molecular formula is C20H20N2OS2. The predicted octanol–water partition coefficient (Wildman–Crippen LogP) is 5.22. The zero-order valence-corrected chi connectivity index (χ0v) is 15.5. The second-order valence-electron chi connectivity index (χ2n) is 6.11. The van der Waals surface area contributed by atoms with Crippen LogP contribution in [0.1, 0.15) is 22.1 Å². The Morgan fingerprint density at radius 3 is 2.84 bits per heavy atom. The van der Waals surface area contributed by atoms with Crippen molar-refractivity contribution in [1.29, 1.82) is 0 Å². The monoisotopic (exact) mass is 368 g/mol. The summed E-state index contributed by atoms with van der Waals surface area (Å²) in [6.07, 6.45) is 3.23. The molecule has 4 rings (SSSR count). The van der Waals surface area contributed by atoms with Gasteiger partial charge in [0.15, 0.2) is 0 Å². The van der Waals surface area contributed by atoms with E-state index in [0.29, 0.717) is 11.0 Å². The zero-order valence-electron chi connectivity index (χ0n) is 13.8. The Morgan fingerprint density at radius 2 is 1.96 bits per heavy atom. The summed E-state index contributed by atoms with van der Waals surface area (Å²) in [5.41, 5.74) is 4.51. The van der Waals surface area contributed by atoms with Crippen LogP contribution in [0, 0.1) is 0 Å². The number of aryl methyl sites for hydroxylation is 1. The van der Waals surface area contributed by atoms with E-state index in [1.807, 2.05) is 54.0 Å². The lowest BCUT2D eigenvalue weighted by Gasteiger charge is -2.11. The van der Waals surface area contributed by atoms with Crippen molar-refractivity contribution in [1.82, 2.24) is 4.98 Å². The number of para-hydroxylation sites is 1. The lowest BCUT2D eigenvalue weighted by atomic mass is 10.1. The van der Waals surface area contributed by atoms with E-state index in [4.69, 9.17) is 0 Å². The normalized spacial score (nSPS) is 14.9. The first kappa shape index (κ1) is 16.6. The Kier molecular flexibility index (Phi) is 5.04. The average molecular weight is 369 g/mol. The smallest absolute Gasteiger partial charge is 0.224 e. The van der Waals surface area contributed by atoms with Gasteiger partial charge < -0.3 is 10.3 Å². The van der Waals surface area contributed by atoms with Gasteiger partial charge in [0.25, 0.3) is 0 Å². The minimum Gasteiger partial charge on any atom is -0.361 e. The number of aromatic nitrogens is 1. The Labute approximate surface area is 156 Å². The molecule has 1 aliphatic rings. The van der Waals surface area contributed by atoms with Crippen molar-refractivity contribution in [2.45, 2.75) is 17.4 Å². The Bertz CT molecular complexity index is 884. The molecule has 0 spiro atoms. The number of nitrogens with one attached hydrogen (secondary N) is 2. The van der Waals surface area contributed by atoms with E-state index in [2.05, 4.69) is 34.6 Å². The van der Waals surface area contributed by atoms with Gasteiger partial charge in [-0.1, -0.05) is 30.3 Å². The lowest BCUT2D eigenvalue weighted by molar-refractivity contribution is -0.116. The van der Waals surface area contributed by atoms with Gasteiger partial charge in [-0.05, 0) is 35.7 Å². The number of thioether (sulfide) groups is 2. The molecule has 2 aromatic carbocycles. The summed E-state index contributed by atoms with van der Waals surface area (Å²) >= 11 is 3.96. The molecule has 2 N–H and O–H groups in total. The molecule has 1 saturated heterocycles. The molecule has 2 heterocycles. The van der Waals surface area contributed by atoms with Crippen LogP contribution in [0.15, 0.2) is 54.7 Å². The van der Waals surface area contributed by atoms with E-state index < -0.39 is 0 Å². The van der Waals surface area contributed by atoms with Crippen molar-refractivity contribution in [3.8, 4) is 0 Å². The molecule has 0 atom stereocenters. The SMILES string of the molecule is O=C(CCc1c[nH]c2ccccc12)Nc1cccc(C2SCCS2)c1. The molecule has 0 unspecified atom stereocenters. The lowest BCUT2D eigenvalue weighted by Crippen LogP contribution is -2.12. The van der Waals surface area contributed by atoms with Gasteiger partial charge in [0.05, 0.1) is 4.58 Å². The van der Waals surface area contributed by atoms with Crippen molar-refractivity contribution >= 4 is 46.0 Å². The minimum atomic E-state index is 0.0640. The van der Waals surface area contributed by atoms with E-state index >= 15 is 0 Å². The highest BCUT2D eigenvalue weighted by molar-refractivity contribution is 8.19. The summed E-state index contributed by atoms with van der Waals surface area (Å²) in [6, 6.07) is 16.5. The maximum absolute atomic E-state index is 12.3. The molecule has 0 saturated carbocycles. The summed E-state index contributed by atoms with van der Waals surface area (Å²) in [5.74, 6) is 2.47. The standard InChI is InChI=1S/C20H20N2OS2/c23-19(9-8-15-13-21-18-7-2-1-6-17(15)18)22-16-5-3-4-14(12-16)20-24-10-11-25-20/h1-7,12-13,20-21H,8-11H2,(H,22,23). The minimum absolute atomic E-state index is 0.0640. The van der Waals surface area contributed by atoms with E-state index in [0.717, 1.165) is 17.6 Å². The number of H-pyrrole nitrogens is 1. The molecule has 1 aromatic heterocycles. The number of carbonyl (C=O) groups excluding carboxylic acids is 1. The highest BCUT2D eigenvalue weighted by Crippen LogP contribution is 2.45.